The maximum atomic E-state index is 3.26. The maximum Gasteiger partial charge on any atom is -1.00 e. The van der Waals surface area contributed by atoms with Crippen LogP contribution < -0.4 is 24.8 Å². The molecule has 230 valence electrons. The monoisotopic (exact) mass is 690 g/mol. The van der Waals surface area contributed by atoms with Crippen LogP contribution >= 0.6 is 0 Å². The average molecular weight is 693 g/mol. The minimum atomic E-state index is 0. The van der Waals surface area contributed by atoms with E-state index in [9.17, 15) is 0 Å². The fraction of sp³-hybridized carbons (Fsp3) is 0.450. The standard InChI is InChI=1S/C27H29.C10H15.C3H6.2ClH.Zr/c1-16-7-9-26(3,4)24-12-18-11-19-13-25-21(17(2)8-10-27(25,5)6)15-23(19)22(18)14-20(16)24;1-8-5-6-9(7-8)10(2,3)4;1-3-2;;;/h7-8,11-15H,9-10H2,1-6H3;6-8H,1-4H3;1-2H3;2*1H;/q2*-1;;;;+2/p-2. The van der Waals surface area contributed by atoms with Gasteiger partial charge >= 0.3 is 41.3 Å². The van der Waals surface area contributed by atoms with Gasteiger partial charge in [-0.15, -0.1) is 39.7 Å². The number of rotatable bonds is 0. The van der Waals surface area contributed by atoms with Crippen LogP contribution in [0.3, 0.4) is 0 Å². The summed E-state index contributed by atoms with van der Waals surface area (Å²) >= 11 is 1.55. The largest absolute Gasteiger partial charge is 1.00 e. The van der Waals surface area contributed by atoms with Gasteiger partial charge in [0.25, 0.3) is 0 Å². The summed E-state index contributed by atoms with van der Waals surface area (Å²) in [5, 5.41) is 5.61. The van der Waals surface area contributed by atoms with E-state index in [1.165, 1.54) is 63.7 Å². The molecule has 3 heteroatoms. The fourth-order valence-corrected chi connectivity index (χ4v) is 6.19. The van der Waals surface area contributed by atoms with Crippen molar-refractivity contribution in [3.8, 4) is 0 Å². The molecule has 0 saturated carbocycles. The van der Waals surface area contributed by atoms with Crippen LogP contribution in [0, 0.1) is 17.4 Å². The molecule has 3 aliphatic carbocycles. The van der Waals surface area contributed by atoms with Gasteiger partial charge in [0.2, 0.25) is 0 Å². The summed E-state index contributed by atoms with van der Waals surface area (Å²) in [5.41, 5.74) is 10.9. The molecule has 0 nitrogen and oxygen atoms in total. The van der Waals surface area contributed by atoms with Crippen molar-refractivity contribution in [3.05, 3.63) is 88.5 Å². The number of fused-ring (bicyclic) bond motifs is 5. The molecule has 3 aromatic rings. The summed E-state index contributed by atoms with van der Waals surface area (Å²) in [4.78, 5) is 0. The van der Waals surface area contributed by atoms with Gasteiger partial charge in [-0.2, -0.15) is 11.6 Å². The molecule has 43 heavy (non-hydrogen) atoms. The molecule has 0 amide bonds. The van der Waals surface area contributed by atoms with Crippen molar-refractivity contribution >= 4 is 35.9 Å². The molecule has 0 heterocycles. The quantitative estimate of drug-likeness (QED) is 0.269. The zero-order valence-electron chi connectivity index (χ0n) is 28.4. The number of halogens is 2. The molecular formula is C40H50Cl2Zr-2. The van der Waals surface area contributed by atoms with Crippen LogP contribution in [-0.2, 0) is 35.1 Å². The molecular weight excluding hydrogens is 643 g/mol. The molecule has 0 fully saturated rings. The van der Waals surface area contributed by atoms with Gasteiger partial charge in [0, 0.05) is 0 Å². The van der Waals surface area contributed by atoms with Crippen molar-refractivity contribution in [2.45, 2.75) is 107 Å². The van der Waals surface area contributed by atoms with Gasteiger partial charge in [0.15, 0.2) is 0 Å². The minimum absolute atomic E-state index is 0. The first kappa shape index (κ1) is 37.8. The normalized spacial score (nSPS) is 19.2. The van der Waals surface area contributed by atoms with E-state index in [2.05, 4.69) is 144 Å². The zero-order valence-corrected chi connectivity index (χ0v) is 32.4. The number of benzene rings is 2. The SMILES string of the molecule is CC1=CCC(C)(C)c2cc3[cH-]c4cc5c(cc4c3cc21)C(C)=CCC5(C)C.CC1[C-]=CC(C(C)(C)C)=C1.C[C](C)=[Zr+2].[Cl-].[Cl-]. The Kier molecular flexibility index (Phi) is 12.2. The van der Waals surface area contributed by atoms with Gasteiger partial charge in [-0.05, 0) is 59.8 Å². The van der Waals surface area contributed by atoms with Gasteiger partial charge in [-0.3, -0.25) is 6.08 Å². The minimum Gasteiger partial charge on any atom is -1.00 e. The molecule has 0 N–H and O–H groups in total. The molecule has 0 saturated heterocycles. The Labute approximate surface area is 289 Å². The third-order valence-electron chi connectivity index (χ3n) is 8.92. The fourth-order valence-electron chi connectivity index (χ4n) is 6.19. The molecule has 0 aromatic heterocycles. The molecule has 1 unspecified atom stereocenters. The Morgan fingerprint density at radius 3 is 1.51 bits per heavy atom. The van der Waals surface area contributed by atoms with Crippen LogP contribution in [0.5, 0.6) is 0 Å². The third kappa shape index (κ3) is 8.26. The smallest absolute Gasteiger partial charge is 1.00 e. The van der Waals surface area contributed by atoms with Gasteiger partial charge in [-0.25, -0.2) is 6.08 Å². The van der Waals surface area contributed by atoms with Crippen molar-refractivity contribution in [1.29, 1.82) is 0 Å². The van der Waals surface area contributed by atoms with E-state index in [-0.39, 0.29) is 35.6 Å². The van der Waals surface area contributed by atoms with E-state index in [0.717, 1.165) is 12.8 Å². The Bertz CT molecular complexity index is 1530. The number of hydrogen-bond donors (Lipinski definition) is 0. The van der Waals surface area contributed by atoms with E-state index in [4.69, 9.17) is 0 Å². The molecule has 0 spiro atoms. The summed E-state index contributed by atoms with van der Waals surface area (Å²) < 4.78 is 1.51. The predicted octanol–water partition coefficient (Wildman–Crippen LogP) is 5.60. The molecule has 1 atom stereocenters. The third-order valence-corrected chi connectivity index (χ3v) is 8.92. The Morgan fingerprint density at radius 1 is 0.814 bits per heavy atom. The van der Waals surface area contributed by atoms with Crippen molar-refractivity contribution in [2.75, 3.05) is 0 Å². The summed E-state index contributed by atoms with van der Waals surface area (Å²) in [5.74, 6) is 0.522. The van der Waals surface area contributed by atoms with Crippen LogP contribution in [0.4, 0.5) is 0 Å². The molecule has 6 rings (SSSR count). The number of allylic oxidation sites excluding steroid dienone is 8. The van der Waals surface area contributed by atoms with Crippen LogP contribution in [0.25, 0.3) is 32.7 Å². The molecule has 0 radical (unpaired) electrons. The van der Waals surface area contributed by atoms with Gasteiger partial charge < -0.3 is 24.8 Å². The van der Waals surface area contributed by atoms with Crippen molar-refractivity contribution in [2.24, 2.45) is 11.3 Å². The van der Waals surface area contributed by atoms with E-state index in [0.29, 0.717) is 11.3 Å². The molecule has 3 aromatic carbocycles. The van der Waals surface area contributed by atoms with E-state index in [1.807, 2.05) is 0 Å². The average Bonchev–Trinajstić information content (AvgIpc) is 3.46. The van der Waals surface area contributed by atoms with E-state index < -0.39 is 0 Å². The second-order valence-electron chi connectivity index (χ2n) is 15.0. The summed E-state index contributed by atoms with van der Waals surface area (Å²) in [7, 11) is 0. The van der Waals surface area contributed by atoms with Crippen LogP contribution in [0.15, 0.2) is 60.2 Å². The van der Waals surface area contributed by atoms with Crippen LogP contribution in [0.1, 0.15) is 118 Å². The number of hydrogen-bond acceptors (Lipinski definition) is 0. The summed E-state index contributed by atoms with van der Waals surface area (Å²) in [6, 6.07) is 12.3. The zero-order chi connectivity index (χ0) is 30.5. The topological polar surface area (TPSA) is 0 Å². The first-order chi connectivity index (χ1) is 18.9. The molecule has 0 bridgehead atoms. The van der Waals surface area contributed by atoms with Crippen molar-refractivity contribution < 1.29 is 49.0 Å². The maximum absolute atomic E-state index is 3.26. The Morgan fingerprint density at radius 2 is 1.21 bits per heavy atom. The second kappa shape index (κ2) is 13.9. The second-order valence-corrected chi connectivity index (χ2v) is 17.5. The van der Waals surface area contributed by atoms with Gasteiger partial charge in [-0.1, -0.05) is 102 Å². The van der Waals surface area contributed by atoms with Crippen LogP contribution in [0.2, 0.25) is 0 Å². The van der Waals surface area contributed by atoms with Crippen molar-refractivity contribution in [1.82, 2.24) is 0 Å². The van der Waals surface area contributed by atoms with Crippen LogP contribution in [-0.4, -0.2) is 3.21 Å². The van der Waals surface area contributed by atoms with Gasteiger partial charge in [0.05, 0.1) is 0 Å². The van der Waals surface area contributed by atoms with Crippen molar-refractivity contribution in [3.63, 3.8) is 0 Å². The predicted molar refractivity (Wildman–Crippen MR) is 181 cm³/mol. The van der Waals surface area contributed by atoms with E-state index >= 15 is 0 Å². The van der Waals surface area contributed by atoms with E-state index in [1.54, 1.807) is 24.2 Å². The Balaban J connectivity index is 0.000000340. The summed E-state index contributed by atoms with van der Waals surface area (Å²) in [6.07, 6.45) is 14.7. The first-order valence-corrected chi connectivity index (χ1v) is 16.5. The first-order valence-electron chi connectivity index (χ1n) is 15.3. The summed E-state index contributed by atoms with van der Waals surface area (Å²) in [6.45, 7) is 27.1. The van der Waals surface area contributed by atoms with Gasteiger partial charge in [0.1, 0.15) is 0 Å². The Hall–Kier alpha value is -1.40. The molecule has 0 aliphatic heterocycles. The molecule has 3 aliphatic rings.